The molecule has 1 heterocycles. The molecule has 2 aromatic carbocycles. The Morgan fingerprint density at radius 2 is 1.71 bits per heavy atom. The predicted molar refractivity (Wildman–Crippen MR) is 113 cm³/mol. The smallest absolute Gasteiger partial charge is 0.234 e. The van der Waals surface area contributed by atoms with Crippen molar-refractivity contribution < 1.29 is 8.42 Å². The van der Waals surface area contributed by atoms with Gasteiger partial charge in [0.1, 0.15) is 0 Å². The summed E-state index contributed by atoms with van der Waals surface area (Å²) in [5.41, 5.74) is 6.07. The Morgan fingerprint density at radius 3 is 2.39 bits per heavy atom. The van der Waals surface area contributed by atoms with Crippen LogP contribution in [0.5, 0.6) is 0 Å². The third-order valence-corrected chi connectivity index (χ3v) is 5.46. The molecular formula is C22H25N3O2S. The molecule has 0 atom stereocenters. The second-order valence-corrected chi connectivity index (χ2v) is 8.64. The van der Waals surface area contributed by atoms with Crippen LogP contribution in [-0.4, -0.2) is 18.2 Å². The van der Waals surface area contributed by atoms with E-state index in [1.54, 1.807) is 6.08 Å². The summed E-state index contributed by atoms with van der Waals surface area (Å²) in [4.78, 5) is 0. The van der Waals surface area contributed by atoms with Crippen molar-refractivity contribution in [3.05, 3.63) is 93.6 Å². The number of aromatic nitrogens is 2. The highest BCUT2D eigenvalue weighted by Crippen LogP contribution is 2.11. The van der Waals surface area contributed by atoms with E-state index in [4.69, 9.17) is 0 Å². The van der Waals surface area contributed by atoms with Gasteiger partial charge in [-0.15, -0.1) is 0 Å². The minimum atomic E-state index is -3.51. The van der Waals surface area contributed by atoms with Gasteiger partial charge < -0.3 is 0 Å². The second-order valence-electron chi connectivity index (χ2n) is 6.98. The summed E-state index contributed by atoms with van der Waals surface area (Å²) in [6.45, 7) is 6.89. The van der Waals surface area contributed by atoms with Gasteiger partial charge >= 0.3 is 0 Å². The highest BCUT2D eigenvalue weighted by molar-refractivity contribution is 7.92. The lowest BCUT2D eigenvalue weighted by atomic mass is 10.1. The van der Waals surface area contributed by atoms with E-state index in [1.807, 2.05) is 80.1 Å². The monoisotopic (exact) mass is 395 g/mol. The van der Waals surface area contributed by atoms with E-state index in [0.717, 1.165) is 33.6 Å². The fraction of sp³-hybridized carbons (Fsp3) is 0.227. The van der Waals surface area contributed by atoms with Crippen molar-refractivity contribution in [1.82, 2.24) is 14.5 Å². The molecule has 0 spiro atoms. The van der Waals surface area contributed by atoms with Crippen LogP contribution >= 0.6 is 0 Å². The van der Waals surface area contributed by atoms with Crippen LogP contribution in [0.25, 0.3) is 6.08 Å². The van der Waals surface area contributed by atoms with Crippen molar-refractivity contribution in [3.63, 3.8) is 0 Å². The Hall–Kier alpha value is -2.70. The van der Waals surface area contributed by atoms with Gasteiger partial charge in [0.2, 0.25) is 10.0 Å². The van der Waals surface area contributed by atoms with Gasteiger partial charge in [0.25, 0.3) is 0 Å². The molecule has 0 saturated carbocycles. The molecule has 0 fully saturated rings. The number of hydrogen-bond acceptors (Lipinski definition) is 3. The van der Waals surface area contributed by atoms with Crippen LogP contribution in [0.4, 0.5) is 0 Å². The zero-order chi connectivity index (χ0) is 20.1. The lowest BCUT2D eigenvalue weighted by Crippen LogP contribution is -2.20. The first-order valence-corrected chi connectivity index (χ1v) is 10.7. The van der Waals surface area contributed by atoms with Gasteiger partial charge in [0, 0.05) is 17.6 Å². The van der Waals surface area contributed by atoms with E-state index >= 15 is 0 Å². The third-order valence-electron chi connectivity index (χ3n) is 4.42. The Labute approximate surface area is 166 Å². The van der Waals surface area contributed by atoms with Crippen LogP contribution in [-0.2, 0) is 23.1 Å². The molecule has 0 unspecified atom stereocenters. The lowest BCUT2D eigenvalue weighted by Gasteiger charge is -2.08. The fourth-order valence-electron chi connectivity index (χ4n) is 2.92. The van der Waals surface area contributed by atoms with E-state index in [1.165, 1.54) is 5.41 Å². The van der Waals surface area contributed by atoms with Crippen molar-refractivity contribution in [2.75, 3.05) is 0 Å². The molecule has 1 aromatic heterocycles. The maximum Gasteiger partial charge on any atom is 0.234 e. The number of sulfonamides is 1. The number of rotatable bonds is 7. The molecule has 0 bridgehead atoms. The topological polar surface area (TPSA) is 64.0 Å². The van der Waals surface area contributed by atoms with Gasteiger partial charge in [-0.25, -0.2) is 13.1 Å². The van der Waals surface area contributed by atoms with Gasteiger partial charge in [0.05, 0.1) is 12.2 Å². The summed E-state index contributed by atoms with van der Waals surface area (Å²) in [5, 5.41) is 5.68. The van der Waals surface area contributed by atoms with Crippen LogP contribution in [0.1, 0.15) is 33.6 Å². The molecule has 0 aliphatic heterocycles. The molecule has 6 heteroatoms. The lowest BCUT2D eigenvalue weighted by molar-refractivity contribution is 0.590. The van der Waals surface area contributed by atoms with Crippen molar-refractivity contribution in [3.8, 4) is 0 Å². The minimum Gasteiger partial charge on any atom is -0.265 e. The second kappa shape index (κ2) is 8.54. The number of nitrogens with zero attached hydrogens (tertiary/aromatic N) is 2. The van der Waals surface area contributed by atoms with Crippen LogP contribution in [0.2, 0.25) is 0 Å². The van der Waals surface area contributed by atoms with Gasteiger partial charge in [-0.2, -0.15) is 5.10 Å². The van der Waals surface area contributed by atoms with Crippen LogP contribution in [0.3, 0.4) is 0 Å². The van der Waals surface area contributed by atoms with Crippen LogP contribution < -0.4 is 4.72 Å². The number of hydrogen-bond donors (Lipinski definition) is 1. The zero-order valence-electron chi connectivity index (χ0n) is 16.4. The maximum atomic E-state index is 12.3. The fourth-order valence-corrected chi connectivity index (χ4v) is 3.72. The van der Waals surface area contributed by atoms with Crippen molar-refractivity contribution in [2.24, 2.45) is 0 Å². The van der Waals surface area contributed by atoms with Gasteiger partial charge in [-0.3, -0.25) is 4.68 Å². The van der Waals surface area contributed by atoms with E-state index < -0.39 is 10.0 Å². The normalized spacial score (nSPS) is 12.0. The maximum absolute atomic E-state index is 12.3. The number of aryl methyl sites for hydroxylation is 3. The Kier molecular flexibility index (Phi) is 6.11. The highest BCUT2D eigenvalue weighted by Gasteiger charge is 2.07. The summed E-state index contributed by atoms with van der Waals surface area (Å²) in [7, 11) is -3.51. The van der Waals surface area contributed by atoms with Gasteiger partial charge in [0.15, 0.2) is 0 Å². The first-order valence-electron chi connectivity index (χ1n) is 9.14. The molecule has 146 valence electrons. The van der Waals surface area contributed by atoms with E-state index in [-0.39, 0.29) is 6.54 Å². The molecule has 0 amide bonds. The minimum absolute atomic E-state index is 0.242. The van der Waals surface area contributed by atoms with Crippen molar-refractivity contribution in [1.29, 1.82) is 0 Å². The molecule has 0 aliphatic carbocycles. The van der Waals surface area contributed by atoms with Gasteiger partial charge in [-0.1, -0.05) is 54.1 Å². The average Bonchev–Trinajstić information content (AvgIpc) is 2.97. The molecule has 28 heavy (non-hydrogen) atoms. The Bertz CT molecular complexity index is 1080. The largest absolute Gasteiger partial charge is 0.265 e. The van der Waals surface area contributed by atoms with E-state index in [9.17, 15) is 8.42 Å². The first kappa shape index (κ1) is 20.0. The molecule has 0 aliphatic rings. The Morgan fingerprint density at radius 1 is 1.00 bits per heavy atom. The van der Waals surface area contributed by atoms with Crippen LogP contribution in [0, 0.1) is 20.8 Å². The summed E-state index contributed by atoms with van der Waals surface area (Å²) in [6, 6.07) is 17.6. The molecule has 3 rings (SSSR count). The zero-order valence-corrected chi connectivity index (χ0v) is 17.2. The van der Waals surface area contributed by atoms with Gasteiger partial charge in [-0.05, 0) is 49.6 Å². The number of nitrogens with one attached hydrogen (secondary N) is 1. The first-order chi connectivity index (χ1) is 13.3. The van der Waals surface area contributed by atoms with Crippen LogP contribution in [0.15, 0.2) is 60.0 Å². The number of benzene rings is 2. The predicted octanol–water partition coefficient (Wildman–Crippen LogP) is 3.95. The SMILES string of the molecule is Cc1ccc(/C=C/S(=O)(=O)NCc2cccc(Cn3nc(C)cc3C)c2)cc1. The van der Waals surface area contributed by atoms with E-state index in [0.29, 0.717) is 6.54 Å². The standard InChI is InChI=1S/C22H25N3O2S/c1-17-7-9-20(10-8-17)11-12-28(26,27)23-15-21-5-4-6-22(14-21)16-25-19(3)13-18(2)24-25/h4-14,23H,15-16H2,1-3H3/b12-11+. The molecule has 3 aromatic rings. The van der Waals surface area contributed by atoms with Crippen molar-refractivity contribution >= 4 is 16.1 Å². The summed E-state index contributed by atoms with van der Waals surface area (Å²) in [5.74, 6) is 0. The molecular weight excluding hydrogens is 370 g/mol. The average molecular weight is 396 g/mol. The summed E-state index contributed by atoms with van der Waals surface area (Å²) < 4.78 is 29.1. The van der Waals surface area contributed by atoms with Crippen molar-refractivity contribution in [2.45, 2.75) is 33.9 Å². The Balaban J connectivity index is 1.63. The summed E-state index contributed by atoms with van der Waals surface area (Å²) in [6.07, 6.45) is 1.60. The quantitative estimate of drug-likeness (QED) is 0.659. The highest BCUT2D eigenvalue weighted by atomic mass is 32.2. The van der Waals surface area contributed by atoms with E-state index in [2.05, 4.69) is 9.82 Å². The molecule has 0 saturated heterocycles. The summed E-state index contributed by atoms with van der Waals surface area (Å²) >= 11 is 0. The molecule has 5 nitrogen and oxygen atoms in total. The molecule has 0 radical (unpaired) electrons. The molecule has 1 N–H and O–H groups in total. The third kappa shape index (κ3) is 5.65.